The van der Waals surface area contributed by atoms with Crippen LogP contribution in [-0.4, -0.2) is 31.1 Å². The molecule has 0 aromatic carbocycles. The summed E-state index contributed by atoms with van der Waals surface area (Å²) in [4.78, 5) is 17.0. The highest BCUT2D eigenvalue weighted by molar-refractivity contribution is 7.89. The van der Waals surface area contributed by atoms with Gasteiger partial charge >= 0.3 is 0 Å². The van der Waals surface area contributed by atoms with E-state index in [0.717, 1.165) is 17.9 Å². The fourth-order valence-corrected chi connectivity index (χ4v) is 5.83. The molecule has 1 amide bonds. The second kappa shape index (κ2) is 9.89. The number of hydrogen-bond acceptors (Lipinski definition) is 5. The molecule has 0 saturated heterocycles. The number of nitrogens with zero attached hydrogens (tertiary/aromatic N) is 1. The summed E-state index contributed by atoms with van der Waals surface area (Å²) in [6, 6.07) is 2.76. The summed E-state index contributed by atoms with van der Waals surface area (Å²) < 4.78 is 27.1. The van der Waals surface area contributed by atoms with E-state index in [9.17, 15) is 13.2 Å². The monoisotopic (exact) mass is 422 g/mol. The lowest BCUT2D eigenvalue weighted by molar-refractivity contribution is -0.123. The van der Waals surface area contributed by atoms with Gasteiger partial charge in [-0.2, -0.15) is 0 Å². The van der Waals surface area contributed by atoms with Gasteiger partial charge in [0.1, 0.15) is 11.9 Å². The van der Waals surface area contributed by atoms with E-state index in [1.165, 1.54) is 38.5 Å². The van der Waals surface area contributed by atoms with Crippen LogP contribution in [0.25, 0.3) is 0 Å². The van der Waals surface area contributed by atoms with Gasteiger partial charge in [0.15, 0.2) is 0 Å². The predicted octanol–water partition coefficient (Wildman–Crippen LogP) is 2.58. The predicted molar refractivity (Wildman–Crippen MR) is 114 cm³/mol. The van der Waals surface area contributed by atoms with E-state index in [1.54, 1.807) is 19.2 Å². The van der Waals surface area contributed by atoms with Gasteiger partial charge in [0.2, 0.25) is 15.9 Å². The summed E-state index contributed by atoms with van der Waals surface area (Å²) in [5.74, 6) is 1.90. The highest BCUT2D eigenvalue weighted by Crippen LogP contribution is 2.45. The molecule has 0 radical (unpaired) electrons. The van der Waals surface area contributed by atoms with Gasteiger partial charge in [-0.3, -0.25) is 4.79 Å². The van der Waals surface area contributed by atoms with Crippen LogP contribution in [0.2, 0.25) is 0 Å². The first kappa shape index (κ1) is 22.0. The van der Waals surface area contributed by atoms with Crippen molar-refractivity contribution in [3.63, 3.8) is 0 Å². The molecule has 4 atom stereocenters. The van der Waals surface area contributed by atoms with Crippen molar-refractivity contribution in [1.29, 1.82) is 0 Å². The zero-order valence-electron chi connectivity index (χ0n) is 17.3. The Bertz CT molecular complexity index is 780. The van der Waals surface area contributed by atoms with Gasteiger partial charge in [0.05, 0.1) is 5.75 Å². The number of pyridine rings is 1. The largest absolute Gasteiger partial charge is 0.384 e. The van der Waals surface area contributed by atoms with Crippen LogP contribution in [-0.2, 0) is 21.4 Å². The third kappa shape index (κ3) is 6.15. The van der Waals surface area contributed by atoms with Crippen molar-refractivity contribution in [2.24, 2.45) is 17.8 Å². The Morgan fingerprint density at radius 1 is 1.21 bits per heavy atom. The van der Waals surface area contributed by atoms with Gasteiger partial charge in [-0.1, -0.05) is 44.6 Å². The summed E-state index contributed by atoms with van der Waals surface area (Å²) >= 11 is 0. The normalized spacial score (nSPS) is 25.8. The molecule has 0 aliphatic heterocycles. The highest BCUT2D eigenvalue weighted by atomic mass is 32.2. The average molecular weight is 423 g/mol. The second-order valence-electron chi connectivity index (χ2n) is 8.52. The molecule has 0 bridgehead atoms. The average Bonchev–Trinajstić information content (AvgIpc) is 2.73. The van der Waals surface area contributed by atoms with Crippen LogP contribution >= 0.6 is 0 Å². The maximum absolute atomic E-state index is 12.9. The number of nitrogens with two attached hydrogens (primary N) is 1. The zero-order chi connectivity index (χ0) is 20.9. The Labute approximate surface area is 174 Å². The van der Waals surface area contributed by atoms with E-state index in [4.69, 9.17) is 5.73 Å². The molecule has 3 unspecified atom stereocenters. The number of carbonyl (C=O) groups is 1. The lowest BCUT2D eigenvalue weighted by Crippen LogP contribution is -2.49. The quantitative estimate of drug-likeness (QED) is 0.596. The highest BCUT2D eigenvalue weighted by Gasteiger charge is 2.37. The SMILES string of the molecule is CCS(=O)(=O)N[C@@H](CC1CCCC2CCCCC21)C(=O)NCc1ccc(N)nc1. The molecular weight excluding hydrogens is 388 g/mol. The number of fused-ring (bicyclic) bond motifs is 1. The molecule has 1 aromatic heterocycles. The van der Waals surface area contributed by atoms with E-state index in [0.29, 0.717) is 30.6 Å². The first-order valence-corrected chi connectivity index (χ1v) is 12.5. The molecule has 1 aromatic rings. The summed E-state index contributed by atoms with van der Waals surface area (Å²) in [7, 11) is -3.47. The van der Waals surface area contributed by atoms with Crippen molar-refractivity contribution >= 4 is 21.7 Å². The zero-order valence-corrected chi connectivity index (χ0v) is 18.1. The first-order valence-electron chi connectivity index (χ1n) is 10.9. The van der Waals surface area contributed by atoms with Crippen molar-refractivity contribution in [2.75, 3.05) is 11.5 Å². The molecule has 2 fully saturated rings. The van der Waals surface area contributed by atoms with Crippen molar-refractivity contribution in [1.82, 2.24) is 15.0 Å². The minimum Gasteiger partial charge on any atom is -0.384 e. The van der Waals surface area contributed by atoms with Gasteiger partial charge in [-0.25, -0.2) is 18.1 Å². The van der Waals surface area contributed by atoms with Crippen LogP contribution < -0.4 is 15.8 Å². The molecule has 3 rings (SSSR count). The summed E-state index contributed by atoms with van der Waals surface area (Å²) in [6.07, 6.45) is 10.8. The fraction of sp³-hybridized carbons (Fsp3) is 0.714. The van der Waals surface area contributed by atoms with E-state index in [2.05, 4.69) is 15.0 Å². The Kier molecular flexibility index (Phi) is 7.51. The standard InChI is InChI=1S/C21H34N4O3S/c1-2-29(27,28)25-19(21(26)24-14-15-10-11-20(22)23-13-15)12-17-8-5-7-16-6-3-4-9-18(16)17/h10-11,13,16-19,25H,2-9,12,14H2,1H3,(H2,22,23)(H,24,26)/t16?,17?,18?,19-/m0/s1. The second-order valence-corrected chi connectivity index (χ2v) is 10.6. The number of rotatable bonds is 8. The number of nitrogen functional groups attached to an aromatic ring is 1. The number of sulfonamides is 1. The Morgan fingerprint density at radius 2 is 1.97 bits per heavy atom. The van der Waals surface area contributed by atoms with Crippen LogP contribution in [0, 0.1) is 17.8 Å². The number of carbonyl (C=O) groups excluding carboxylic acids is 1. The van der Waals surface area contributed by atoms with Crippen molar-refractivity contribution in [3.8, 4) is 0 Å². The van der Waals surface area contributed by atoms with Crippen molar-refractivity contribution < 1.29 is 13.2 Å². The molecular formula is C21H34N4O3S. The van der Waals surface area contributed by atoms with E-state index in [-0.39, 0.29) is 11.7 Å². The van der Waals surface area contributed by atoms with E-state index in [1.807, 2.05) is 6.07 Å². The number of hydrogen-bond donors (Lipinski definition) is 3. The Morgan fingerprint density at radius 3 is 2.69 bits per heavy atom. The molecule has 0 spiro atoms. The van der Waals surface area contributed by atoms with Gasteiger partial charge in [0.25, 0.3) is 0 Å². The lowest BCUT2D eigenvalue weighted by Gasteiger charge is -2.42. The number of aromatic nitrogens is 1. The maximum atomic E-state index is 12.9. The summed E-state index contributed by atoms with van der Waals surface area (Å²) in [6.45, 7) is 1.89. The van der Waals surface area contributed by atoms with Gasteiger partial charge in [0, 0.05) is 12.7 Å². The molecule has 2 saturated carbocycles. The van der Waals surface area contributed by atoms with Crippen molar-refractivity contribution in [2.45, 2.75) is 70.9 Å². The van der Waals surface area contributed by atoms with Gasteiger partial charge < -0.3 is 11.1 Å². The molecule has 162 valence electrons. The van der Waals surface area contributed by atoms with Crippen LogP contribution in [0.15, 0.2) is 18.3 Å². The number of amides is 1. The minimum atomic E-state index is -3.47. The van der Waals surface area contributed by atoms with Crippen molar-refractivity contribution in [3.05, 3.63) is 23.9 Å². The molecule has 29 heavy (non-hydrogen) atoms. The van der Waals surface area contributed by atoms with E-state index >= 15 is 0 Å². The molecule has 1 heterocycles. The lowest BCUT2D eigenvalue weighted by atomic mass is 9.64. The number of anilines is 1. The molecule has 8 heteroatoms. The molecule has 2 aliphatic rings. The first-order chi connectivity index (χ1) is 13.9. The van der Waals surface area contributed by atoms with Crippen LogP contribution in [0.3, 0.4) is 0 Å². The maximum Gasteiger partial charge on any atom is 0.238 e. The fourth-order valence-electron chi connectivity index (χ4n) is 5.03. The number of nitrogens with one attached hydrogen (secondary N) is 2. The van der Waals surface area contributed by atoms with Crippen LogP contribution in [0.1, 0.15) is 63.9 Å². The smallest absolute Gasteiger partial charge is 0.238 e. The third-order valence-corrected chi connectivity index (χ3v) is 8.00. The van der Waals surface area contributed by atoms with Gasteiger partial charge in [-0.15, -0.1) is 0 Å². The molecule has 4 N–H and O–H groups in total. The van der Waals surface area contributed by atoms with E-state index < -0.39 is 16.1 Å². The third-order valence-electron chi connectivity index (χ3n) is 6.59. The summed E-state index contributed by atoms with van der Waals surface area (Å²) in [5, 5.41) is 2.88. The Balaban J connectivity index is 1.67. The Hall–Kier alpha value is -1.67. The molecule has 2 aliphatic carbocycles. The topological polar surface area (TPSA) is 114 Å². The summed E-state index contributed by atoms with van der Waals surface area (Å²) in [5.41, 5.74) is 6.43. The van der Waals surface area contributed by atoms with Gasteiger partial charge in [-0.05, 0) is 49.1 Å². The molecule has 7 nitrogen and oxygen atoms in total. The van der Waals surface area contributed by atoms with Crippen LogP contribution in [0.5, 0.6) is 0 Å². The minimum absolute atomic E-state index is 0.0324. The van der Waals surface area contributed by atoms with Crippen LogP contribution in [0.4, 0.5) is 5.82 Å².